The molecule has 2 rings (SSSR count). The van der Waals surface area contributed by atoms with Gasteiger partial charge in [-0.05, 0) is 31.0 Å². The second-order valence-electron chi connectivity index (χ2n) is 5.36. The number of hydrogen-bond donors (Lipinski definition) is 3. The molecule has 10 heteroatoms. The van der Waals surface area contributed by atoms with E-state index in [1.807, 2.05) is 0 Å². The van der Waals surface area contributed by atoms with Gasteiger partial charge in [-0.25, -0.2) is 8.42 Å². The average molecular weight is 352 g/mol. The second kappa shape index (κ2) is 6.10. The summed E-state index contributed by atoms with van der Waals surface area (Å²) in [6, 6.07) is 3.33. The molecule has 3 unspecified atom stereocenters. The molecule has 4 N–H and O–H groups in total. The number of amides is 1. The van der Waals surface area contributed by atoms with Gasteiger partial charge in [0.25, 0.3) is 9.84 Å². The minimum Gasteiger partial charge on any atom is -0.393 e. The van der Waals surface area contributed by atoms with Crippen molar-refractivity contribution in [2.24, 2.45) is 11.7 Å². The summed E-state index contributed by atoms with van der Waals surface area (Å²) in [7, 11) is -5.49. The van der Waals surface area contributed by atoms with E-state index in [4.69, 9.17) is 5.73 Å². The van der Waals surface area contributed by atoms with Crippen molar-refractivity contribution >= 4 is 21.4 Å². The van der Waals surface area contributed by atoms with E-state index in [1.165, 1.54) is 6.07 Å². The van der Waals surface area contributed by atoms with Gasteiger partial charge < -0.3 is 16.2 Å². The molecule has 3 atom stereocenters. The van der Waals surface area contributed by atoms with Crippen LogP contribution in [0.5, 0.6) is 0 Å². The lowest BCUT2D eigenvalue weighted by Gasteiger charge is -2.15. The van der Waals surface area contributed by atoms with Crippen molar-refractivity contribution in [2.45, 2.75) is 35.4 Å². The van der Waals surface area contributed by atoms with Crippen molar-refractivity contribution in [2.75, 3.05) is 5.32 Å². The molecule has 0 heterocycles. The number of sulfone groups is 1. The normalized spacial score (nSPS) is 25.3. The Hall–Kier alpha value is -1.65. The van der Waals surface area contributed by atoms with Crippen molar-refractivity contribution < 1.29 is 31.5 Å². The smallest absolute Gasteiger partial charge is 0.393 e. The van der Waals surface area contributed by atoms with E-state index in [0.717, 1.165) is 18.2 Å². The second-order valence-corrected chi connectivity index (χ2v) is 7.30. The molecule has 1 amide bonds. The predicted octanol–water partition coefficient (Wildman–Crippen LogP) is 1.02. The lowest BCUT2D eigenvalue weighted by Crippen LogP contribution is -2.34. The SMILES string of the molecule is NC1CC(O)CC1C(=O)Nc1cccc(S(=O)(=O)C(F)(F)F)c1. The topological polar surface area (TPSA) is 109 Å². The molecule has 1 fully saturated rings. The minimum absolute atomic E-state index is 0.0890. The Morgan fingerprint density at radius 3 is 2.48 bits per heavy atom. The van der Waals surface area contributed by atoms with E-state index in [1.54, 1.807) is 0 Å². The van der Waals surface area contributed by atoms with Gasteiger partial charge in [0.1, 0.15) is 0 Å². The third-order valence-electron chi connectivity index (χ3n) is 3.64. The van der Waals surface area contributed by atoms with Gasteiger partial charge in [-0.15, -0.1) is 0 Å². The van der Waals surface area contributed by atoms with Crippen LogP contribution in [0.2, 0.25) is 0 Å². The van der Waals surface area contributed by atoms with Gasteiger partial charge in [-0.1, -0.05) is 6.07 Å². The Morgan fingerprint density at radius 1 is 1.30 bits per heavy atom. The van der Waals surface area contributed by atoms with Gasteiger partial charge in [-0.3, -0.25) is 4.79 Å². The summed E-state index contributed by atoms with van der Waals surface area (Å²) in [5.41, 5.74) is 0.203. The van der Waals surface area contributed by atoms with Crippen molar-refractivity contribution in [1.82, 2.24) is 0 Å². The van der Waals surface area contributed by atoms with Gasteiger partial charge in [-0.2, -0.15) is 13.2 Å². The maximum atomic E-state index is 12.5. The Balaban J connectivity index is 2.20. The highest BCUT2D eigenvalue weighted by molar-refractivity contribution is 7.92. The summed E-state index contributed by atoms with van der Waals surface area (Å²) in [6.45, 7) is 0. The number of nitrogens with one attached hydrogen (secondary N) is 1. The number of hydrogen-bond acceptors (Lipinski definition) is 5. The van der Waals surface area contributed by atoms with E-state index in [2.05, 4.69) is 5.32 Å². The first kappa shape index (κ1) is 17.7. The number of halogens is 3. The first-order valence-electron chi connectivity index (χ1n) is 6.68. The molecule has 23 heavy (non-hydrogen) atoms. The van der Waals surface area contributed by atoms with E-state index in [-0.39, 0.29) is 18.5 Å². The molecule has 128 valence electrons. The fraction of sp³-hybridized carbons (Fsp3) is 0.462. The molecule has 0 aliphatic heterocycles. The molecule has 0 spiro atoms. The number of rotatable bonds is 3. The highest BCUT2D eigenvalue weighted by Gasteiger charge is 2.47. The number of carbonyl (C=O) groups excluding carboxylic acids is 1. The summed E-state index contributed by atoms with van der Waals surface area (Å²) in [5, 5.41) is 11.8. The Morgan fingerprint density at radius 2 is 1.96 bits per heavy atom. The number of nitrogens with two attached hydrogens (primary N) is 1. The van der Waals surface area contributed by atoms with Crippen molar-refractivity contribution in [3.8, 4) is 0 Å². The fourth-order valence-electron chi connectivity index (χ4n) is 2.45. The summed E-state index contributed by atoms with van der Waals surface area (Å²) >= 11 is 0. The Bertz CT molecular complexity index is 705. The highest BCUT2D eigenvalue weighted by atomic mass is 32.2. The van der Waals surface area contributed by atoms with E-state index in [9.17, 15) is 31.5 Å². The van der Waals surface area contributed by atoms with E-state index < -0.39 is 44.2 Å². The lowest BCUT2D eigenvalue weighted by atomic mass is 10.0. The fourth-order valence-corrected chi connectivity index (χ4v) is 3.26. The van der Waals surface area contributed by atoms with Gasteiger partial charge in [0.05, 0.1) is 16.9 Å². The average Bonchev–Trinajstić information content (AvgIpc) is 2.77. The van der Waals surface area contributed by atoms with Crippen molar-refractivity contribution in [3.63, 3.8) is 0 Å². The van der Waals surface area contributed by atoms with Gasteiger partial charge in [0.15, 0.2) is 0 Å². The molecule has 6 nitrogen and oxygen atoms in total. The summed E-state index contributed by atoms with van der Waals surface area (Å²) in [4.78, 5) is 11.1. The molecule has 0 radical (unpaired) electrons. The summed E-state index contributed by atoms with van der Waals surface area (Å²) in [6.07, 6.45) is -0.314. The standard InChI is InChI=1S/C13H15F3N2O4S/c14-13(15,16)23(21,22)9-3-1-2-7(4-9)18-12(20)10-5-8(19)6-11(10)17/h1-4,8,10-11,19H,5-6,17H2,(H,18,20). The van der Waals surface area contributed by atoms with Gasteiger partial charge in [0, 0.05) is 11.7 Å². The zero-order valence-corrected chi connectivity index (χ0v) is 12.6. The van der Waals surface area contributed by atoms with Crippen LogP contribution in [0.15, 0.2) is 29.2 Å². The van der Waals surface area contributed by atoms with Crippen LogP contribution in [0.4, 0.5) is 18.9 Å². The third-order valence-corrected chi connectivity index (χ3v) is 5.12. The van der Waals surface area contributed by atoms with Crippen LogP contribution in [-0.2, 0) is 14.6 Å². The number of anilines is 1. The lowest BCUT2D eigenvalue weighted by molar-refractivity contribution is -0.120. The van der Waals surface area contributed by atoms with E-state index in [0.29, 0.717) is 0 Å². The number of aliphatic hydroxyl groups excluding tert-OH is 1. The number of carbonyl (C=O) groups is 1. The first-order chi connectivity index (χ1) is 10.5. The van der Waals surface area contributed by atoms with Crippen LogP contribution in [0.1, 0.15) is 12.8 Å². The Labute approximate surface area is 130 Å². The quantitative estimate of drug-likeness (QED) is 0.752. The molecule has 0 aromatic heterocycles. The predicted molar refractivity (Wildman–Crippen MR) is 75.0 cm³/mol. The first-order valence-corrected chi connectivity index (χ1v) is 8.16. The van der Waals surface area contributed by atoms with Crippen LogP contribution >= 0.6 is 0 Å². The maximum Gasteiger partial charge on any atom is 0.501 e. The van der Waals surface area contributed by atoms with Crippen LogP contribution in [-0.4, -0.2) is 37.1 Å². The largest absolute Gasteiger partial charge is 0.501 e. The van der Waals surface area contributed by atoms with E-state index >= 15 is 0 Å². The molecule has 0 saturated heterocycles. The van der Waals surface area contributed by atoms with Gasteiger partial charge >= 0.3 is 5.51 Å². The van der Waals surface area contributed by atoms with Crippen LogP contribution in [0.25, 0.3) is 0 Å². The van der Waals surface area contributed by atoms with Crippen LogP contribution in [0, 0.1) is 5.92 Å². The monoisotopic (exact) mass is 352 g/mol. The molecule has 0 bridgehead atoms. The maximum absolute atomic E-state index is 12.5. The van der Waals surface area contributed by atoms with Crippen molar-refractivity contribution in [1.29, 1.82) is 0 Å². The Kier molecular flexibility index (Phi) is 4.69. The summed E-state index contributed by atoms with van der Waals surface area (Å²) < 4.78 is 60.3. The minimum atomic E-state index is -5.49. The molecular weight excluding hydrogens is 337 g/mol. The molecular formula is C13H15F3N2O4S. The van der Waals surface area contributed by atoms with Crippen LogP contribution < -0.4 is 11.1 Å². The summed E-state index contributed by atoms with van der Waals surface area (Å²) in [5.74, 6) is -1.26. The molecule has 1 aliphatic carbocycles. The number of aliphatic hydroxyl groups is 1. The number of benzene rings is 1. The zero-order valence-electron chi connectivity index (χ0n) is 11.7. The molecule has 1 aromatic carbocycles. The molecule has 1 saturated carbocycles. The molecule has 1 aromatic rings. The zero-order chi connectivity index (χ0) is 17.4. The third kappa shape index (κ3) is 3.65. The highest BCUT2D eigenvalue weighted by Crippen LogP contribution is 2.32. The van der Waals surface area contributed by atoms with Gasteiger partial charge in [0.2, 0.25) is 5.91 Å². The molecule has 1 aliphatic rings. The number of alkyl halides is 3. The van der Waals surface area contributed by atoms with Crippen molar-refractivity contribution in [3.05, 3.63) is 24.3 Å². The van der Waals surface area contributed by atoms with Crippen LogP contribution in [0.3, 0.4) is 0 Å².